The van der Waals surface area contributed by atoms with Gasteiger partial charge in [0, 0.05) is 32.3 Å². The van der Waals surface area contributed by atoms with Crippen molar-refractivity contribution >= 4 is 0 Å². The van der Waals surface area contributed by atoms with Gasteiger partial charge in [-0.2, -0.15) is 0 Å². The zero-order valence-electron chi connectivity index (χ0n) is 13.0. The summed E-state index contributed by atoms with van der Waals surface area (Å²) in [5.41, 5.74) is 8.78. The van der Waals surface area contributed by atoms with Gasteiger partial charge >= 0.3 is 0 Å². The molecule has 2 N–H and O–H groups in total. The van der Waals surface area contributed by atoms with Crippen LogP contribution in [0.25, 0.3) is 0 Å². The van der Waals surface area contributed by atoms with Gasteiger partial charge in [0.25, 0.3) is 0 Å². The van der Waals surface area contributed by atoms with Crippen LogP contribution in [0.3, 0.4) is 0 Å². The van der Waals surface area contributed by atoms with Crippen molar-refractivity contribution in [1.82, 2.24) is 4.90 Å². The number of ether oxygens (including phenoxy) is 1. The van der Waals surface area contributed by atoms with Gasteiger partial charge in [0.05, 0.1) is 6.61 Å². The van der Waals surface area contributed by atoms with E-state index in [4.69, 9.17) is 10.5 Å². The highest BCUT2D eigenvalue weighted by atomic mass is 16.5. The van der Waals surface area contributed by atoms with Crippen molar-refractivity contribution in [2.24, 2.45) is 5.73 Å². The molecule has 2 rings (SSSR count). The van der Waals surface area contributed by atoms with Crippen molar-refractivity contribution in [3.8, 4) is 0 Å². The van der Waals surface area contributed by atoms with E-state index in [9.17, 15) is 0 Å². The molecule has 1 fully saturated rings. The van der Waals surface area contributed by atoms with Crippen LogP contribution in [0.5, 0.6) is 0 Å². The molecule has 0 aromatic heterocycles. The number of methoxy groups -OCH3 is 1. The van der Waals surface area contributed by atoms with Crippen LogP contribution in [0.2, 0.25) is 0 Å². The Bertz CT molecular complexity index is 398. The van der Waals surface area contributed by atoms with E-state index >= 15 is 0 Å². The number of nitrogens with zero attached hydrogens (tertiary/aromatic N) is 1. The van der Waals surface area contributed by atoms with Crippen LogP contribution in [-0.4, -0.2) is 37.7 Å². The van der Waals surface area contributed by atoms with Crippen molar-refractivity contribution < 1.29 is 4.74 Å². The fourth-order valence-electron chi connectivity index (χ4n) is 2.76. The maximum Gasteiger partial charge on any atom is 0.0590 e. The molecule has 0 amide bonds. The molecule has 3 nitrogen and oxygen atoms in total. The molecule has 0 bridgehead atoms. The third kappa shape index (κ3) is 3.81. The van der Waals surface area contributed by atoms with E-state index in [0.717, 1.165) is 13.2 Å². The molecule has 0 heterocycles. The van der Waals surface area contributed by atoms with Crippen molar-refractivity contribution in [3.63, 3.8) is 0 Å². The lowest BCUT2D eigenvalue weighted by atomic mass is 9.98. The normalized spacial score (nSPS) is 16.9. The van der Waals surface area contributed by atoms with Crippen LogP contribution in [0.1, 0.15) is 49.8 Å². The Morgan fingerprint density at radius 3 is 2.25 bits per heavy atom. The quantitative estimate of drug-likeness (QED) is 0.793. The molecular formula is C17H28N2O. The van der Waals surface area contributed by atoms with Gasteiger partial charge in [-0.25, -0.2) is 0 Å². The van der Waals surface area contributed by atoms with E-state index < -0.39 is 0 Å². The molecule has 1 aliphatic carbocycles. The highest BCUT2D eigenvalue weighted by Gasteiger charge is 2.33. The number of hydrogen-bond donors (Lipinski definition) is 1. The minimum atomic E-state index is 0.318. The minimum absolute atomic E-state index is 0.318. The van der Waals surface area contributed by atoms with Gasteiger partial charge in [-0.05, 0) is 29.9 Å². The average Bonchev–Trinajstić information content (AvgIpc) is 3.28. The molecule has 0 aliphatic heterocycles. The molecule has 0 radical (unpaired) electrons. The van der Waals surface area contributed by atoms with E-state index in [-0.39, 0.29) is 0 Å². The summed E-state index contributed by atoms with van der Waals surface area (Å²) in [5.74, 6) is 0.577. The fraction of sp³-hybridized carbons (Fsp3) is 0.647. The predicted molar refractivity (Wildman–Crippen MR) is 83.9 cm³/mol. The summed E-state index contributed by atoms with van der Waals surface area (Å²) in [4.78, 5) is 2.52. The molecule has 1 unspecified atom stereocenters. The van der Waals surface area contributed by atoms with Gasteiger partial charge < -0.3 is 10.5 Å². The summed E-state index contributed by atoms with van der Waals surface area (Å²) < 4.78 is 5.25. The largest absolute Gasteiger partial charge is 0.383 e. The SMILES string of the molecule is COCCN(C1CC1)C(CN)c1ccc(C(C)C)cc1. The summed E-state index contributed by atoms with van der Waals surface area (Å²) in [6.45, 7) is 6.86. The molecule has 1 saturated carbocycles. The van der Waals surface area contributed by atoms with Gasteiger partial charge in [0.2, 0.25) is 0 Å². The van der Waals surface area contributed by atoms with Crippen molar-refractivity contribution in [1.29, 1.82) is 0 Å². The fourth-order valence-corrected chi connectivity index (χ4v) is 2.76. The Morgan fingerprint density at radius 2 is 1.80 bits per heavy atom. The molecule has 0 saturated heterocycles. The molecule has 1 aromatic carbocycles. The smallest absolute Gasteiger partial charge is 0.0590 e. The van der Waals surface area contributed by atoms with Crippen LogP contribution in [0, 0.1) is 0 Å². The third-order valence-electron chi connectivity index (χ3n) is 4.18. The summed E-state index contributed by atoms with van der Waals surface area (Å²) in [6, 6.07) is 9.99. The van der Waals surface area contributed by atoms with Crippen LogP contribution in [0.4, 0.5) is 0 Å². The van der Waals surface area contributed by atoms with Crippen LogP contribution >= 0.6 is 0 Å². The van der Waals surface area contributed by atoms with Crippen LogP contribution in [0.15, 0.2) is 24.3 Å². The Labute approximate surface area is 123 Å². The van der Waals surface area contributed by atoms with E-state index in [2.05, 4.69) is 43.0 Å². The summed E-state index contributed by atoms with van der Waals surface area (Å²) in [7, 11) is 1.76. The van der Waals surface area contributed by atoms with Gasteiger partial charge in [-0.1, -0.05) is 38.1 Å². The summed E-state index contributed by atoms with van der Waals surface area (Å²) >= 11 is 0. The maximum absolute atomic E-state index is 6.06. The Hall–Kier alpha value is -0.900. The van der Waals surface area contributed by atoms with Crippen molar-refractivity contribution in [3.05, 3.63) is 35.4 Å². The van der Waals surface area contributed by atoms with Gasteiger partial charge in [0.15, 0.2) is 0 Å². The maximum atomic E-state index is 6.06. The molecule has 3 heteroatoms. The number of rotatable bonds is 8. The molecule has 20 heavy (non-hydrogen) atoms. The molecule has 1 aliphatic rings. The van der Waals surface area contributed by atoms with Gasteiger partial charge in [-0.15, -0.1) is 0 Å². The number of nitrogens with two attached hydrogens (primary N) is 1. The molecule has 112 valence electrons. The summed E-state index contributed by atoms with van der Waals surface area (Å²) in [5, 5.41) is 0. The first-order valence-electron chi connectivity index (χ1n) is 7.72. The molecular weight excluding hydrogens is 248 g/mol. The predicted octanol–water partition coefficient (Wildman–Crippen LogP) is 2.92. The van der Waals surface area contributed by atoms with Crippen LogP contribution < -0.4 is 5.73 Å². The average molecular weight is 276 g/mol. The second-order valence-electron chi connectivity index (χ2n) is 6.03. The zero-order chi connectivity index (χ0) is 14.5. The van der Waals surface area contributed by atoms with Crippen LogP contribution in [-0.2, 0) is 4.74 Å². The lowest BCUT2D eigenvalue weighted by molar-refractivity contribution is 0.115. The first-order valence-corrected chi connectivity index (χ1v) is 7.72. The first-order chi connectivity index (χ1) is 9.67. The Balaban J connectivity index is 2.12. The monoisotopic (exact) mass is 276 g/mol. The van der Waals surface area contributed by atoms with E-state index in [0.29, 0.717) is 24.5 Å². The van der Waals surface area contributed by atoms with E-state index in [1.807, 2.05) is 0 Å². The zero-order valence-corrected chi connectivity index (χ0v) is 13.0. The molecule has 0 spiro atoms. The Morgan fingerprint density at radius 1 is 1.20 bits per heavy atom. The van der Waals surface area contributed by atoms with Crippen molar-refractivity contribution in [2.45, 2.75) is 44.7 Å². The lowest BCUT2D eigenvalue weighted by Crippen LogP contribution is -2.37. The first kappa shape index (κ1) is 15.5. The van der Waals surface area contributed by atoms with Crippen molar-refractivity contribution in [2.75, 3.05) is 26.8 Å². The molecule has 1 aromatic rings. The summed E-state index contributed by atoms with van der Waals surface area (Å²) in [6.07, 6.45) is 2.59. The van der Waals surface area contributed by atoms with Gasteiger partial charge in [0.1, 0.15) is 0 Å². The second kappa shape index (κ2) is 7.21. The van der Waals surface area contributed by atoms with E-state index in [1.165, 1.54) is 24.0 Å². The second-order valence-corrected chi connectivity index (χ2v) is 6.03. The third-order valence-corrected chi connectivity index (χ3v) is 4.18. The van der Waals surface area contributed by atoms with Gasteiger partial charge in [-0.3, -0.25) is 4.90 Å². The van der Waals surface area contributed by atoms with E-state index in [1.54, 1.807) is 7.11 Å². The highest BCUT2D eigenvalue weighted by molar-refractivity contribution is 5.27. The topological polar surface area (TPSA) is 38.5 Å². The highest BCUT2D eigenvalue weighted by Crippen LogP contribution is 2.34. The molecule has 1 atom stereocenters. The standard InChI is InChI=1S/C17H28N2O/c1-13(2)14-4-6-15(7-5-14)17(12-18)19(10-11-20-3)16-8-9-16/h4-7,13,16-17H,8-12,18H2,1-3H3. The minimum Gasteiger partial charge on any atom is -0.383 e. The number of hydrogen-bond acceptors (Lipinski definition) is 3. The Kier molecular flexibility index (Phi) is 5.58. The number of benzene rings is 1. The lowest BCUT2D eigenvalue weighted by Gasteiger charge is -2.31.